The molecule has 0 saturated carbocycles. The summed E-state index contributed by atoms with van der Waals surface area (Å²) in [6, 6.07) is 3.48. The molecule has 7 heteroatoms. The van der Waals surface area contributed by atoms with Crippen molar-refractivity contribution in [3.8, 4) is 11.5 Å². The van der Waals surface area contributed by atoms with Crippen molar-refractivity contribution in [3.05, 3.63) is 22.7 Å². The van der Waals surface area contributed by atoms with E-state index < -0.39 is 10.8 Å². The SMILES string of the molecule is CC(C)CNC(=O)CS(=O)Cc1cc(Cl)c2c(c1)OCCO2. The Morgan fingerprint density at radius 3 is 2.82 bits per heavy atom. The van der Waals surface area contributed by atoms with Crippen LogP contribution in [0, 0.1) is 5.92 Å². The van der Waals surface area contributed by atoms with Gasteiger partial charge in [0.25, 0.3) is 0 Å². The van der Waals surface area contributed by atoms with Gasteiger partial charge in [-0.25, -0.2) is 0 Å². The van der Waals surface area contributed by atoms with Gasteiger partial charge in [-0.2, -0.15) is 0 Å². The van der Waals surface area contributed by atoms with Crippen molar-refractivity contribution >= 4 is 28.3 Å². The molecule has 22 heavy (non-hydrogen) atoms. The standard InChI is InChI=1S/C15H20ClNO4S/c1-10(2)7-17-14(18)9-22(19)8-11-5-12(16)15-13(6-11)20-3-4-21-15/h5-6,10H,3-4,7-9H2,1-2H3,(H,17,18). The van der Waals surface area contributed by atoms with Crippen LogP contribution in [0.2, 0.25) is 5.02 Å². The Labute approximate surface area is 137 Å². The first-order valence-electron chi connectivity index (χ1n) is 7.15. The molecular formula is C15H20ClNO4S. The lowest BCUT2D eigenvalue weighted by molar-refractivity contribution is -0.118. The zero-order valence-corrected chi connectivity index (χ0v) is 14.3. The van der Waals surface area contributed by atoms with Crippen LogP contribution >= 0.6 is 11.6 Å². The third kappa shape index (κ3) is 4.88. The van der Waals surface area contributed by atoms with E-state index in [0.717, 1.165) is 5.56 Å². The Morgan fingerprint density at radius 1 is 1.36 bits per heavy atom. The summed E-state index contributed by atoms with van der Waals surface area (Å²) in [5.41, 5.74) is 0.768. The van der Waals surface area contributed by atoms with Crippen LogP contribution in [0.4, 0.5) is 0 Å². The Hall–Kier alpha value is -1.27. The minimum absolute atomic E-state index is 0.0151. The number of amides is 1. The molecule has 0 aromatic heterocycles. The second kappa shape index (κ2) is 7.83. The van der Waals surface area contributed by atoms with Gasteiger partial charge in [0.05, 0.1) is 5.02 Å². The van der Waals surface area contributed by atoms with E-state index in [1.807, 2.05) is 13.8 Å². The highest BCUT2D eigenvalue weighted by Gasteiger charge is 2.18. The Bertz CT molecular complexity index is 577. The Morgan fingerprint density at radius 2 is 2.09 bits per heavy atom. The Balaban J connectivity index is 1.94. The van der Waals surface area contributed by atoms with Crippen molar-refractivity contribution in [2.75, 3.05) is 25.5 Å². The highest BCUT2D eigenvalue weighted by atomic mass is 35.5. The molecule has 1 aliphatic rings. The van der Waals surface area contributed by atoms with E-state index in [0.29, 0.717) is 42.2 Å². The molecular weight excluding hydrogens is 326 g/mol. The first kappa shape index (κ1) is 17.1. The number of halogens is 1. The maximum absolute atomic E-state index is 12.1. The van der Waals surface area contributed by atoms with E-state index in [4.69, 9.17) is 21.1 Å². The van der Waals surface area contributed by atoms with Crippen LogP contribution in [-0.4, -0.2) is 35.6 Å². The van der Waals surface area contributed by atoms with Crippen LogP contribution in [0.5, 0.6) is 11.5 Å². The minimum atomic E-state index is -1.29. The molecule has 1 atom stereocenters. The molecule has 0 spiro atoms. The summed E-state index contributed by atoms with van der Waals surface area (Å²) in [5.74, 6) is 1.50. The number of hydrogen-bond donors (Lipinski definition) is 1. The predicted octanol–water partition coefficient (Wildman–Crippen LogP) is 2.13. The highest BCUT2D eigenvalue weighted by molar-refractivity contribution is 7.84. The summed E-state index contributed by atoms with van der Waals surface area (Å²) >= 11 is 6.14. The molecule has 0 saturated heterocycles. The van der Waals surface area contributed by atoms with Gasteiger partial charge in [-0.3, -0.25) is 9.00 Å². The lowest BCUT2D eigenvalue weighted by atomic mass is 10.2. The quantitative estimate of drug-likeness (QED) is 0.857. The van der Waals surface area contributed by atoms with Crippen LogP contribution in [0.3, 0.4) is 0 Å². The van der Waals surface area contributed by atoms with Crippen LogP contribution < -0.4 is 14.8 Å². The monoisotopic (exact) mass is 345 g/mol. The molecule has 0 bridgehead atoms. The third-order valence-electron chi connectivity index (χ3n) is 2.98. The molecule has 5 nitrogen and oxygen atoms in total. The van der Waals surface area contributed by atoms with E-state index in [1.165, 1.54) is 0 Å². The molecule has 2 rings (SSSR count). The number of hydrogen-bond acceptors (Lipinski definition) is 4. The average molecular weight is 346 g/mol. The molecule has 1 aromatic rings. The molecule has 1 aromatic carbocycles. The summed E-state index contributed by atoms with van der Waals surface area (Å²) < 4.78 is 23.0. The van der Waals surface area contributed by atoms with E-state index in [9.17, 15) is 9.00 Å². The lowest BCUT2D eigenvalue weighted by Crippen LogP contribution is -2.31. The molecule has 1 N–H and O–H groups in total. The minimum Gasteiger partial charge on any atom is -0.486 e. The van der Waals surface area contributed by atoms with Crippen LogP contribution in [0.1, 0.15) is 19.4 Å². The van der Waals surface area contributed by atoms with Gasteiger partial charge in [-0.15, -0.1) is 0 Å². The summed E-state index contributed by atoms with van der Waals surface area (Å²) in [4.78, 5) is 11.7. The molecule has 1 unspecified atom stereocenters. The van der Waals surface area contributed by atoms with E-state index >= 15 is 0 Å². The summed E-state index contributed by atoms with van der Waals surface area (Å²) in [5, 5.41) is 3.20. The fourth-order valence-corrected chi connectivity index (χ4v) is 3.32. The number of fused-ring (bicyclic) bond motifs is 1. The highest BCUT2D eigenvalue weighted by Crippen LogP contribution is 2.38. The Kier molecular flexibility index (Phi) is 6.08. The topological polar surface area (TPSA) is 64.6 Å². The first-order chi connectivity index (χ1) is 10.5. The number of rotatable bonds is 6. The average Bonchev–Trinajstić information content (AvgIpc) is 2.45. The van der Waals surface area contributed by atoms with E-state index in [-0.39, 0.29) is 17.4 Å². The fraction of sp³-hybridized carbons (Fsp3) is 0.533. The molecule has 1 heterocycles. The maximum atomic E-state index is 12.1. The fourth-order valence-electron chi connectivity index (χ4n) is 2.00. The second-order valence-corrected chi connectivity index (χ2v) is 7.39. The van der Waals surface area contributed by atoms with Crippen LogP contribution in [0.15, 0.2) is 12.1 Å². The first-order valence-corrected chi connectivity index (χ1v) is 9.02. The van der Waals surface area contributed by atoms with Crippen molar-refractivity contribution < 1.29 is 18.5 Å². The predicted molar refractivity (Wildman–Crippen MR) is 87.0 cm³/mol. The van der Waals surface area contributed by atoms with Gasteiger partial charge in [0.2, 0.25) is 5.91 Å². The summed E-state index contributed by atoms with van der Waals surface area (Å²) in [6.07, 6.45) is 0. The molecule has 0 aliphatic carbocycles. The van der Waals surface area contributed by atoms with Crippen molar-refractivity contribution in [2.24, 2.45) is 5.92 Å². The smallest absolute Gasteiger partial charge is 0.232 e. The summed E-state index contributed by atoms with van der Waals surface area (Å²) in [7, 11) is -1.29. The molecule has 1 aliphatic heterocycles. The van der Waals surface area contributed by atoms with Gasteiger partial charge >= 0.3 is 0 Å². The van der Waals surface area contributed by atoms with Gasteiger partial charge in [-0.05, 0) is 23.6 Å². The maximum Gasteiger partial charge on any atom is 0.232 e. The molecule has 1 amide bonds. The molecule has 122 valence electrons. The van der Waals surface area contributed by atoms with Crippen molar-refractivity contribution in [1.82, 2.24) is 5.32 Å². The zero-order valence-electron chi connectivity index (χ0n) is 12.7. The van der Waals surface area contributed by atoms with E-state index in [2.05, 4.69) is 5.32 Å². The number of carbonyl (C=O) groups excluding carboxylic acids is 1. The third-order valence-corrected chi connectivity index (χ3v) is 4.50. The molecule has 0 radical (unpaired) electrons. The largest absolute Gasteiger partial charge is 0.486 e. The number of carbonyl (C=O) groups is 1. The van der Waals surface area contributed by atoms with Crippen molar-refractivity contribution in [3.63, 3.8) is 0 Å². The number of ether oxygens (including phenoxy) is 2. The van der Waals surface area contributed by atoms with Crippen LogP contribution in [-0.2, 0) is 21.3 Å². The van der Waals surface area contributed by atoms with Gasteiger partial charge in [0.15, 0.2) is 11.5 Å². The van der Waals surface area contributed by atoms with E-state index in [1.54, 1.807) is 12.1 Å². The van der Waals surface area contributed by atoms with Crippen LogP contribution in [0.25, 0.3) is 0 Å². The second-order valence-electron chi connectivity index (χ2n) is 5.53. The van der Waals surface area contributed by atoms with Gasteiger partial charge < -0.3 is 14.8 Å². The summed E-state index contributed by atoms with van der Waals surface area (Å²) in [6.45, 7) is 5.54. The normalized spacial score (nSPS) is 14.7. The number of benzene rings is 1. The zero-order chi connectivity index (χ0) is 16.1. The number of nitrogens with one attached hydrogen (secondary N) is 1. The van der Waals surface area contributed by atoms with Crippen molar-refractivity contribution in [1.29, 1.82) is 0 Å². The molecule has 0 fully saturated rings. The van der Waals surface area contributed by atoms with Gasteiger partial charge in [-0.1, -0.05) is 25.4 Å². The van der Waals surface area contributed by atoms with Gasteiger partial charge in [0, 0.05) is 23.1 Å². The lowest BCUT2D eigenvalue weighted by Gasteiger charge is -2.20. The van der Waals surface area contributed by atoms with Crippen molar-refractivity contribution in [2.45, 2.75) is 19.6 Å². The van der Waals surface area contributed by atoms with Gasteiger partial charge in [0.1, 0.15) is 19.0 Å².